The first-order chi connectivity index (χ1) is 6.97. The van der Waals surface area contributed by atoms with Gasteiger partial charge < -0.3 is 14.9 Å². The number of benzene rings is 1. The lowest BCUT2D eigenvalue weighted by Gasteiger charge is -2.10. The molecule has 82 valence electrons. The van der Waals surface area contributed by atoms with Gasteiger partial charge in [0.15, 0.2) is 6.10 Å². The van der Waals surface area contributed by atoms with Gasteiger partial charge in [-0.25, -0.2) is 9.18 Å². The van der Waals surface area contributed by atoms with E-state index in [9.17, 15) is 9.18 Å². The number of ether oxygens (including phenoxy) is 1. The Balaban J connectivity index is 3.21. The van der Waals surface area contributed by atoms with E-state index in [1.807, 2.05) is 0 Å². The fourth-order valence-electron chi connectivity index (χ4n) is 1.04. The van der Waals surface area contributed by atoms with Crippen molar-refractivity contribution in [1.29, 1.82) is 0 Å². The van der Waals surface area contributed by atoms with Gasteiger partial charge in [-0.1, -0.05) is 11.6 Å². The van der Waals surface area contributed by atoms with Gasteiger partial charge in [-0.15, -0.1) is 0 Å². The van der Waals surface area contributed by atoms with Gasteiger partial charge in [0.2, 0.25) is 0 Å². The summed E-state index contributed by atoms with van der Waals surface area (Å²) >= 11 is 5.65. The lowest BCUT2D eigenvalue weighted by molar-refractivity contribution is -0.147. The van der Waals surface area contributed by atoms with Gasteiger partial charge in [0, 0.05) is 11.6 Å². The van der Waals surface area contributed by atoms with Gasteiger partial charge in [-0.2, -0.15) is 0 Å². The first-order valence-electron chi connectivity index (χ1n) is 3.91. The number of methoxy groups -OCH3 is 1. The number of carbonyl (C=O) groups is 1. The Morgan fingerprint density at radius 3 is 2.67 bits per heavy atom. The number of rotatable bonds is 3. The summed E-state index contributed by atoms with van der Waals surface area (Å²) in [4.78, 5) is 10.4. The summed E-state index contributed by atoms with van der Waals surface area (Å²) in [7, 11) is 1.30. The number of carboxylic acid groups (broad SMARTS) is 1. The topological polar surface area (TPSA) is 66.8 Å². The van der Waals surface area contributed by atoms with Gasteiger partial charge in [-0.3, -0.25) is 0 Å². The molecule has 0 spiro atoms. The van der Waals surface area contributed by atoms with Gasteiger partial charge in [-0.05, 0) is 6.07 Å². The molecule has 2 N–H and O–H groups in total. The van der Waals surface area contributed by atoms with Crippen molar-refractivity contribution in [3.63, 3.8) is 0 Å². The molecule has 0 saturated carbocycles. The van der Waals surface area contributed by atoms with Crippen LogP contribution in [0.2, 0.25) is 5.02 Å². The summed E-state index contributed by atoms with van der Waals surface area (Å²) in [6, 6.07) is 1.94. The number of aliphatic carboxylic acids is 1. The Morgan fingerprint density at radius 1 is 1.60 bits per heavy atom. The predicted molar refractivity (Wildman–Crippen MR) is 50.6 cm³/mol. The molecule has 0 amide bonds. The fourth-order valence-corrected chi connectivity index (χ4v) is 1.29. The maximum absolute atomic E-state index is 13.3. The zero-order valence-corrected chi connectivity index (χ0v) is 8.45. The smallest absolute Gasteiger partial charge is 0.337 e. The van der Waals surface area contributed by atoms with Crippen molar-refractivity contribution >= 4 is 17.6 Å². The van der Waals surface area contributed by atoms with Crippen LogP contribution < -0.4 is 4.74 Å². The van der Waals surface area contributed by atoms with Crippen molar-refractivity contribution in [2.24, 2.45) is 0 Å². The first kappa shape index (κ1) is 11.7. The van der Waals surface area contributed by atoms with E-state index in [2.05, 4.69) is 0 Å². The predicted octanol–water partition coefficient (Wildman–Crippen LogP) is 1.61. The standard InChI is InChI=1S/C9H8ClFO4/c1-15-7-3-6(11)4(2-5(7)10)8(12)9(13)14/h2-3,8,12H,1H3,(H,13,14). The molecule has 0 aliphatic rings. The molecule has 0 heterocycles. The number of hydrogen-bond donors (Lipinski definition) is 2. The highest BCUT2D eigenvalue weighted by molar-refractivity contribution is 6.32. The summed E-state index contributed by atoms with van der Waals surface area (Å²) in [5.74, 6) is -2.35. The van der Waals surface area contributed by atoms with Gasteiger partial charge in [0.25, 0.3) is 0 Å². The Hall–Kier alpha value is -1.33. The van der Waals surface area contributed by atoms with Crippen LogP contribution in [0.1, 0.15) is 11.7 Å². The minimum Gasteiger partial charge on any atom is -0.495 e. The number of halogens is 2. The van der Waals surface area contributed by atoms with Gasteiger partial charge in [0.05, 0.1) is 12.1 Å². The van der Waals surface area contributed by atoms with E-state index < -0.39 is 23.5 Å². The third kappa shape index (κ3) is 2.37. The normalized spacial score (nSPS) is 12.3. The van der Waals surface area contributed by atoms with Crippen LogP contribution >= 0.6 is 11.6 Å². The van der Waals surface area contributed by atoms with Crippen LogP contribution in [0.5, 0.6) is 5.75 Å². The molecule has 1 atom stereocenters. The van der Waals surface area contributed by atoms with E-state index in [-0.39, 0.29) is 10.8 Å². The molecule has 4 nitrogen and oxygen atoms in total. The molecule has 0 aromatic heterocycles. The Kier molecular flexibility index (Phi) is 3.49. The van der Waals surface area contributed by atoms with E-state index in [4.69, 9.17) is 26.6 Å². The van der Waals surface area contributed by atoms with Crippen molar-refractivity contribution in [3.05, 3.63) is 28.5 Å². The van der Waals surface area contributed by atoms with E-state index in [1.165, 1.54) is 7.11 Å². The zero-order chi connectivity index (χ0) is 11.6. The Labute approximate surface area is 89.9 Å². The van der Waals surface area contributed by atoms with Crippen LogP contribution in [0.3, 0.4) is 0 Å². The van der Waals surface area contributed by atoms with Crippen LogP contribution in [0.15, 0.2) is 12.1 Å². The van der Waals surface area contributed by atoms with Crippen LogP contribution in [0.25, 0.3) is 0 Å². The maximum atomic E-state index is 13.3. The SMILES string of the molecule is COc1cc(F)c(C(O)C(=O)O)cc1Cl. The van der Waals surface area contributed by atoms with Crippen LogP contribution in [-0.4, -0.2) is 23.3 Å². The molecule has 15 heavy (non-hydrogen) atoms. The monoisotopic (exact) mass is 234 g/mol. The average molecular weight is 235 g/mol. The molecule has 0 aliphatic heterocycles. The van der Waals surface area contributed by atoms with E-state index in [0.29, 0.717) is 0 Å². The summed E-state index contributed by atoms with van der Waals surface area (Å²) in [6.45, 7) is 0. The molecule has 1 rings (SSSR count). The summed E-state index contributed by atoms with van der Waals surface area (Å²) in [5, 5.41) is 17.7. The molecular formula is C9H8ClFO4. The number of aliphatic hydroxyl groups excluding tert-OH is 1. The number of aliphatic hydroxyl groups is 1. The van der Waals surface area contributed by atoms with Gasteiger partial charge in [0.1, 0.15) is 11.6 Å². The minimum absolute atomic E-state index is 0.0363. The largest absolute Gasteiger partial charge is 0.495 e. The van der Waals surface area contributed by atoms with Crippen molar-refractivity contribution in [2.45, 2.75) is 6.10 Å². The molecule has 1 aromatic carbocycles. The third-order valence-electron chi connectivity index (χ3n) is 1.80. The zero-order valence-electron chi connectivity index (χ0n) is 7.70. The second-order valence-corrected chi connectivity index (χ2v) is 3.16. The van der Waals surface area contributed by atoms with Crippen LogP contribution in [0, 0.1) is 5.82 Å². The van der Waals surface area contributed by atoms with Crippen LogP contribution in [-0.2, 0) is 4.79 Å². The number of carboxylic acids is 1. The molecule has 0 fully saturated rings. The van der Waals surface area contributed by atoms with Crippen LogP contribution in [0.4, 0.5) is 4.39 Å². The highest BCUT2D eigenvalue weighted by Crippen LogP contribution is 2.30. The molecule has 0 aliphatic carbocycles. The summed E-state index contributed by atoms with van der Waals surface area (Å²) in [5.41, 5.74) is -0.395. The van der Waals surface area contributed by atoms with E-state index >= 15 is 0 Å². The number of hydrogen-bond acceptors (Lipinski definition) is 3. The second kappa shape index (κ2) is 4.46. The lowest BCUT2D eigenvalue weighted by Crippen LogP contribution is -2.12. The van der Waals surface area contributed by atoms with E-state index in [1.54, 1.807) is 0 Å². The summed E-state index contributed by atoms with van der Waals surface area (Å²) < 4.78 is 18.0. The molecular weight excluding hydrogens is 227 g/mol. The third-order valence-corrected chi connectivity index (χ3v) is 2.09. The van der Waals surface area contributed by atoms with Crippen molar-refractivity contribution < 1.29 is 24.1 Å². The van der Waals surface area contributed by atoms with E-state index in [0.717, 1.165) is 12.1 Å². The van der Waals surface area contributed by atoms with Gasteiger partial charge >= 0.3 is 5.97 Å². The molecule has 1 aromatic rings. The quantitative estimate of drug-likeness (QED) is 0.834. The fraction of sp³-hybridized carbons (Fsp3) is 0.222. The lowest BCUT2D eigenvalue weighted by atomic mass is 10.1. The van der Waals surface area contributed by atoms with Crippen molar-refractivity contribution in [3.8, 4) is 5.75 Å². The minimum atomic E-state index is -1.94. The molecule has 0 radical (unpaired) electrons. The molecule has 1 unspecified atom stereocenters. The average Bonchev–Trinajstić information content (AvgIpc) is 2.19. The second-order valence-electron chi connectivity index (χ2n) is 2.75. The Bertz CT molecular complexity index is 394. The Morgan fingerprint density at radius 2 is 2.20 bits per heavy atom. The highest BCUT2D eigenvalue weighted by atomic mass is 35.5. The highest BCUT2D eigenvalue weighted by Gasteiger charge is 2.21. The molecule has 0 saturated heterocycles. The summed E-state index contributed by atoms with van der Waals surface area (Å²) in [6.07, 6.45) is -1.94. The first-order valence-corrected chi connectivity index (χ1v) is 4.29. The molecule has 0 bridgehead atoms. The maximum Gasteiger partial charge on any atom is 0.337 e. The van der Waals surface area contributed by atoms with Crippen molar-refractivity contribution in [2.75, 3.05) is 7.11 Å². The molecule has 6 heteroatoms. The van der Waals surface area contributed by atoms with Crippen molar-refractivity contribution in [1.82, 2.24) is 0 Å².